The lowest BCUT2D eigenvalue weighted by molar-refractivity contribution is 0.0690. The number of nitrogens with zero attached hydrogens (tertiary/aromatic N) is 3. The Morgan fingerprint density at radius 3 is 2.80 bits per heavy atom. The summed E-state index contributed by atoms with van der Waals surface area (Å²) in [6.07, 6.45) is 4.52. The number of rotatable bonds is 4. The maximum atomic E-state index is 11.3. The van der Waals surface area contributed by atoms with Crippen molar-refractivity contribution in [1.82, 2.24) is 9.97 Å². The van der Waals surface area contributed by atoms with Gasteiger partial charge in [-0.05, 0) is 37.7 Å². The first-order valence-electron chi connectivity index (χ1n) is 7.41. The second-order valence-corrected chi connectivity index (χ2v) is 5.69. The average Bonchev–Trinajstić information content (AvgIpc) is 2.46. The van der Waals surface area contributed by atoms with Crippen molar-refractivity contribution < 1.29 is 9.90 Å². The van der Waals surface area contributed by atoms with Gasteiger partial charge in [-0.25, -0.2) is 14.8 Å². The predicted octanol–water partition coefficient (Wildman–Crippen LogP) is 3.07. The minimum absolute atomic E-state index is 0.0964. The van der Waals surface area contributed by atoms with Gasteiger partial charge in [0.25, 0.3) is 0 Å². The Kier molecular flexibility index (Phi) is 4.57. The van der Waals surface area contributed by atoms with Crippen LogP contribution in [0.3, 0.4) is 0 Å². The van der Waals surface area contributed by atoms with Gasteiger partial charge in [0.2, 0.25) is 5.95 Å². The fourth-order valence-corrected chi connectivity index (χ4v) is 2.67. The minimum Gasteiger partial charge on any atom is -0.477 e. The van der Waals surface area contributed by atoms with Crippen molar-refractivity contribution in [2.24, 2.45) is 0 Å². The molecular weight excluding hydrogens is 254 g/mol. The summed E-state index contributed by atoms with van der Waals surface area (Å²) in [5.74, 6) is -0.208. The molecule has 2 rings (SSSR count). The summed E-state index contributed by atoms with van der Waals surface area (Å²) in [6.45, 7) is 7.11. The van der Waals surface area contributed by atoms with Gasteiger partial charge in [-0.2, -0.15) is 0 Å². The van der Waals surface area contributed by atoms with E-state index in [2.05, 4.69) is 21.8 Å². The Morgan fingerprint density at radius 2 is 2.20 bits per heavy atom. The smallest absolute Gasteiger partial charge is 0.354 e. The summed E-state index contributed by atoms with van der Waals surface area (Å²) < 4.78 is 0. The maximum absolute atomic E-state index is 11.3. The van der Waals surface area contributed by atoms with Gasteiger partial charge >= 0.3 is 5.97 Å². The van der Waals surface area contributed by atoms with Crippen LogP contribution < -0.4 is 4.90 Å². The van der Waals surface area contributed by atoms with Crippen LogP contribution in [0, 0.1) is 0 Å². The van der Waals surface area contributed by atoms with Crippen LogP contribution in [0.1, 0.15) is 68.6 Å². The Bertz CT molecular complexity index is 488. The molecule has 20 heavy (non-hydrogen) atoms. The molecule has 0 amide bonds. The molecular formula is C15H23N3O2. The third-order valence-corrected chi connectivity index (χ3v) is 3.90. The number of carboxylic acids is 1. The van der Waals surface area contributed by atoms with E-state index in [0.717, 1.165) is 31.5 Å². The molecule has 110 valence electrons. The van der Waals surface area contributed by atoms with E-state index in [-0.39, 0.29) is 11.6 Å². The van der Waals surface area contributed by atoms with Crippen LogP contribution in [0.25, 0.3) is 0 Å². The number of aromatic nitrogens is 2. The van der Waals surface area contributed by atoms with Crippen molar-refractivity contribution in [2.75, 3.05) is 11.4 Å². The molecule has 0 saturated carbocycles. The highest BCUT2D eigenvalue weighted by Gasteiger charge is 2.25. The molecule has 1 aromatic rings. The molecule has 1 aliphatic rings. The van der Waals surface area contributed by atoms with Gasteiger partial charge in [0.05, 0.1) is 0 Å². The molecule has 0 bridgehead atoms. The van der Waals surface area contributed by atoms with E-state index in [1.807, 2.05) is 13.8 Å². The van der Waals surface area contributed by atoms with Crippen LogP contribution in [0.2, 0.25) is 0 Å². The van der Waals surface area contributed by atoms with Crippen molar-refractivity contribution >= 4 is 11.9 Å². The summed E-state index contributed by atoms with van der Waals surface area (Å²) in [5.41, 5.74) is 0.895. The molecule has 1 fully saturated rings. The molecule has 1 N–H and O–H groups in total. The first-order chi connectivity index (χ1) is 9.52. The Balaban J connectivity index is 2.40. The summed E-state index contributed by atoms with van der Waals surface area (Å²) >= 11 is 0. The van der Waals surface area contributed by atoms with E-state index in [1.54, 1.807) is 6.07 Å². The highest BCUT2D eigenvalue weighted by molar-refractivity contribution is 5.85. The predicted molar refractivity (Wildman–Crippen MR) is 78.4 cm³/mol. The van der Waals surface area contributed by atoms with Gasteiger partial charge in [-0.1, -0.05) is 20.8 Å². The highest BCUT2D eigenvalue weighted by Crippen LogP contribution is 2.25. The second-order valence-electron chi connectivity index (χ2n) is 5.69. The molecule has 5 nitrogen and oxygen atoms in total. The van der Waals surface area contributed by atoms with Crippen molar-refractivity contribution in [3.05, 3.63) is 17.5 Å². The van der Waals surface area contributed by atoms with Crippen LogP contribution in [0.4, 0.5) is 5.95 Å². The van der Waals surface area contributed by atoms with E-state index in [4.69, 9.17) is 0 Å². The molecule has 5 heteroatoms. The monoisotopic (exact) mass is 277 g/mol. The van der Waals surface area contributed by atoms with Gasteiger partial charge < -0.3 is 10.0 Å². The molecule has 0 spiro atoms. The summed E-state index contributed by atoms with van der Waals surface area (Å²) in [5, 5.41) is 9.23. The molecule has 2 heterocycles. The Morgan fingerprint density at radius 1 is 1.45 bits per heavy atom. The Hall–Kier alpha value is -1.65. The standard InChI is InChI=1S/C15H23N3O2/c1-4-11-7-5-6-8-18(11)15-16-12(10(2)3)9-13(17-15)14(19)20/h9-11H,4-8H2,1-3H3,(H,19,20). The molecule has 0 aromatic carbocycles. The zero-order chi connectivity index (χ0) is 14.7. The maximum Gasteiger partial charge on any atom is 0.354 e. The summed E-state index contributed by atoms with van der Waals surface area (Å²) in [6, 6.07) is 2.01. The van der Waals surface area contributed by atoms with Crippen molar-refractivity contribution in [2.45, 2.75) is 58.4 Å². The van der Waals surface area contributed by atoms with Gasteiger partial charge in [-0.3, -0.25) is 0 Å². The Labute approximate surface area is 120 Å². The van der Waals surface area contributed by atoms with Gasteiger partial charge in [-0.15, -0.1) is 0 Å². The topological polar surface area (TPSA) is 66.3 Å². The van der Waals surface area contributed by atoms with Crippen LogP contribution in [-0.4, -0.2) is 33.6 Å². The van der Waals surface area contributed by atoms with Crippen LogP contribution >= 0.6 is 0 Å². The number of hydrogen-bond donors (Lipinski definition) is 1. The number of carboxylic acid groups (broad SMARTS) is 1. The van der Waals surface area contributed by atoms with E-state index in [0.29, 0.717) is 12.0 Å². The van der Waals surface area contributed by atoms with Gasteiger partial charge in [0.1, 0.15) is 0 Å². The van der Waals surface area contributed by atoms with Crippen molar-refractivity contribution in [3.63, 3.8) is 0 Å². The molecule has 1 aliphatic heterocycles. The average molecular weight is 277 g/mol. The zero-order valence-electron chi connectivity index (χ0n) is 12.5. The fourth-order valence-electron chi connectivity index (χ4n) is 2.67. The third-order valence-electron chi connectivity index (χ3n) is 3.90. The SMILES string of the molecule is CCC1CCCCN1c1nc(C(=O)O)cc(C(C)C)n1. The normalized spacial score (nSPS) is 19.4. The van der Waals surface area contributed by atoms with Gasteiger partial charge in [0, 0.05) is 18.3 Å². The molecule has 1 saturated heterocycles. The van der Waals surface area contributed by atoms with Crippen LogP contribution in [0.15, 0.2) is 6.07 Å². The molecule has 1 unspecified atom stereocenters. The number of aromatic carboxylic acids is 1. The zero-order valence-corrected chi connectivity index (χ0v) is 12.5. The molecule has 0 radical (unpaired) electrons. The number of carbonyl (C=O) groups is 1. The molecule has 1 atom stereocenters. The second kappa shape index (κ2) is 6.20. The van der Waals surface area contributed by atoms with E-state index < -0.39 is 5.97 Å². The summed E-state index contributed by atoms with van der Waals surface area (Å²) in [4.78, 5) is 22.3. The van der Waals surface area contributed by atoms with E-state index in [1.165, 1.54) is 6.42 Å². The quantitative estimate of drug-likeness (QED) is 0.916. The minimum atomic E-state index is -0.986. The number of hydrogen-bond acceptors (Lipinski definition) is 4. The van der Waals surface area contributed by atoms with Crippen molar-refractivity contribution in [3.8, 4) is 0 Å². The van der Waals surface area contributed by atoms with Gasteiger partial charge in [0.15, 0.2) is 5.69 Å². The van der Waals surface area contributed by atoms with Crippen molar-refractivity contribution in [1.29, 1.82) is 0 Å². The first kappa shape index (κ1) is 14.8. The lowest BCUT2D eigenvalue weighted by Gasteiger charge is -2.35. The molecule has 0 aliphatic carbocycles. The lowest BCUT2D eigenvalue weighted by Crippen LogP contribution is -2.40. The molecule has 1 aromatic heterocycles. The lowest BCUT2D eigenvalue weighted by atomic mass is 10.0. The number of piperidine rings is 1. The first-order valence-corrected chi connectivity index (χ1v) is 7.41. The fraction of sp³-hybridized carbons (Fsp3) is 0.667. The largest absolute Gasteiger partial charge is 0.477 e. The third kappa shape index (κ3) is 3.08. The van der Waals surface area contributed by atoms with Crippen LogP contribution in [-0.2, 0) is 0 Å². The summed E-state index contributed by atoms with van der Waals surface area (Å²) in [7, 11) is 0. The van der Waals surface area contributed by atoms with Crippen LogP contribution in [0.5, 0.6) is 0 Å². The van der Waals surface area contributed by atoms with E-state index in [9.17, 15) is 9.90 Å². The highest BCUT2D eigenvalue weighted by atomic mass is 16.4. The number of anilines is 1. The van der Waals surface area contributed by atoms with E-state index >= 15 is 0 Å².